The molecule has 2 rings (SSSR count). The minimum atomic E-state index is -1.09. The number of hydrogen-bond acceptors (Lipinski definition) is 8. The molecule has 0 atom stereocenters. The lowest BCUT2D eigenvalue weighted by Crippen LogP contribution is -1.98. The second-order valence-electron chi connectivity index (χ2n) is 3.92. The van der Waals surface area contributed by atoms with Crippen molar-refractivity contribution in [1.29, 1.82) is 0 Å². The van der Waals surface area contributed by atoms with Crippen molar-refractivity contribution in [2.75, 3.05) is 14.2 Å². The van der Waals surface area contributed by atoms with Gasteiger partial charge in [-0.1, -0.05) is 0 Å². The number of carbonyl (C=O) groups is 4. The fourth-order valence-electron chi connectivity index (χ4n) is 1.33. The van der Waals surface area contributed by atoms with Crippen LogP contribution in [0.3, 0.4) is 0 Å². The van der Waals surface area contributed by atoms with Gasteiger partial charge in [0, 0.05) is 0 Å². The van der Waals surface area contributed by atoms with Crippen LogP contribution in [0.15, 0.2) is 24.3 Å². The predicted molar refractivity (Wildman–Crippen MR) is 85.2 cm³/mol. The normalized spacial score (nSPS) is 9.42. The maximum Gasteiger partial charge on any atom is 0.348 e. The van der Waals surface area contributed by atoms with Gasteiger partial charge >= 0.3 is 23.9 Å². The van der Waals surface area contributed by atoms with Crippen LogP contribution in [-0.4, -0.2) is 48.3 Å². The summed E-state index contributed by atoms with van der Waals surface area (Å²) in [4.78, 5) is 43.3. The van der Waals surface area contributed by atoms with Crippen molar-refractivity contribution >= 4 is 46.6 Å². The third-order valence-corrected chi connectivity index (χ3v) is 4.51. The Hall–Kier alpha value is -2.72. The molecule has 0 spiro atoms. The van der Waals surface area contributed by atoms with E-state index in [2.05, 4.69) is 9.47 Å². The number of methoxy groups -OCH3 is 2. The molecule has 2 heterocycles. The van der Waals surface area contributed by atoms with Crippen LogP contribution >= 0.6 is 22.7 Å². The molecule has 0 aliphatic carbocycles. The number of esters is 2. The predicted octanol–water partition coefficient (Wildman–Crippen LogP) is 2.47. The number of hydrogen-bond donors (Lipinski definition) is 2. The molecule has 0 unspecified atom stereocenters. The van der Waals surface area contributed by atoms with Crippen LogP contribution in [0, 0.1) is 0 Å². The first-order chi connectivity index (χ1) is 11.3. The van der Waals surface area contributed by atoms with E-state index in [1.54, 1.807) is 0 Å². The summed E-state index contributed by atoms with van der Waals surface area (Å²) in [5, 5.41) is 16.8. The Kier molecular flexibility index (Phi) is 7.08. The molecule has 2 aromatic rings. The van der Waals surface area contributed by atoms with Gasteiger partial charge in [0.1, 0.15) is 19.5 Å². The number of rotatable bonds is 4. The lowest BCUT2D eigenvalue weighted by molar-refractivity contribution is 0.0599. The van der Waals surface area contributed by atoms with Gasteiger partial charge in [0.05, 0.1) is 14.2 Å². The Morgan fingerprint density at radius 3 is 1.25 bits per heavy atom. The monoisotopic (exact) mass is 372 g/mol. The van der Waals surface area contributed by atoms with E-state index >= 15 is 0 Å². The number of aromatic carboxylic acids is 2. The van der Waals surface area contributed by atoms with E-state index in [-0.39, 0.29) is 9.75 Å². The van der Waals surface area contributed by atoms with Crippen molar-refractivity contribution in [1.82, 2.24) is 0 Å². The van der Waals surface area contributed by atoms with Gasteiger partial charge in [-0.05, 0) is 24.3 Å². The fraction of sp³-hybridized carbons (Fsp3) is 0.143. The van der Waals surface area contributed by atoms with Crippen LogP contribution < -0.4 is 0 Å². The first-order valence-electron chi connectivity index (χ1n) is 6.13. The van der Waals surface area contributed by atoms with Gasteiger partial charge in [0.25, 0.3) is 0 Å². The Balaban J connectivity index is 0.000000243. The van der Waals surface area contributed by atoms with Gasteiger partial charge in [0.15, 0.2) is 0 Å². The quantitative estimate of drug-likeness (QED) is 0.784. The topological polar surface area (TPSA) is 127 Å². The molecule has 8 nitrogen and oxygen atoms in total. The fourth-order valence-corrected chi connectivity index (χ4v) is 2.85. The standard InChI is InChI=1S/C8H8O4S.C6H4O4S/c1-11-7(9)5-3-4-6(13-5)8(10)12-2;7-5(8)3-1-2-4(11-3)6(9)10/h3-4H,1-2H3;1-2H,(H,7,8)(H,9,10). The number of carboxylic acid groups (broad SMARTS) is 2. The highest BCUT2D eigenvalue weighted by molar-refractivity contribution is 7.16. The van der Waals surface area contributed by atoms with Crippen molar-refractivity contribution in [2.45, 2.75) is 0 Å². The zero-order valence-corrected chi connectivity index (χ0v) is 14.1. The van der Waals surface area contributed by atoms with Crippen LogP contribution in [0.5, 0.6) is 0 Å². The SMILES string of the molecule is COC(=O)c1ccc(C(=O)OC)s1.O=C(O)c1ccc(C(=O)O)s1. The molecule has 10 heteroatoms. The highest BCUT2D eigenvalue weighted by Gasteiger charge is 2.13. The molecular weight excluding hydrogens is 360 g/mol. The third kappa shape index (κ3) is 5.18. The minimum Gasteiger partial charge on any atom is -0.477 e. The number of carbonyl (C=O) groups excluding carboxylic acids is 2. The van der Waals surface area contributed by atoms with Crippen molar-refractivity contribution in [2.24, 2.45) is 0 Å². The highest BCUT2D eigenvalue weighted by Crippen LogP contribution is 2.18. The second-order valence-corrected chi connectivity index (χ2v) is 6.09. The Morgan fingerprint density at radius 2 is 1.00 bits per heavy atom. The molecule has 0 bridgehead atoms. The Bertz CT molecular complexity index is 699. The van der Waals surface area contributed by atoms with Crippen molar-refractivity contribution in [3.8, 4) is 0 Å². The smallest absolute Gasteiger partial charge is 0.348 e. The first-order valence-corrected chi connectivity index (χ1v) is 7.76. The summed E-state index contributed by atoms with van der Waals surface area (Å²) >= 11 is 1.80. The third-order valence-electron chi connectivity index (χ3n) is 2.41. The molecule has 0 aliphatic heterocycles. The Labute approximate surface area is 143 Å². The maximum absolute atomic E-state index is 11.0. The van der Waals surface area contributed by atoms with E-state index in [0.29, 0.717) is 9.75 Å². The van der Waals surface area contributed by atoms with Gasteiger partial charge in [0.2, 0.25) is 0 Å². The molecule has 0 aliphatic rings. The molecule has 0 amide bonds. The van der Waals surface area contributed by atoms with E-state index in [1.165, 1.54) is 38.5 Å². The summed E-state index contributed by atoms with van der Waals surface area (Å²) in [6, 6.07) is 5.61. The van der Waals surface area contributed by atoms with Crippen LogP contribution in [-0.2, 0) is 9.47 Å². The molecule has 24 heavy (non-hydrogen) atoms. The lowest BCUT2D eigenvalue weighted by Gasteiger charge is -1.93. The maximum atomic E-state index is 11.0. The molecule has 128 valence electrons. The van der Waals surface area contributed by atoms with Crippen LogP contribution in [0.1, 0.15) is 38.7 Å². The number of thiophene rings is 2. The van der Waals surface area contributed by atoms with Crippen molar-refractivity contribution < 1.29 is 38.9 Å². The number of ether oxygens (including phenoxy) is 2. The highest BCUT2D eigenvalue weighted by atomic mass is 32.1. The van der Waals surface area contributed by atoms with Gasteiger partial charge in [-0.25, -0.2) is 19.2 Å². The summed E-state index contributed by atoms with van der Waals surface area (Å²) in [7, 11) is 2.58. The first kappa shape index (κ1) is 19.3. The lowest BCUT2D eigenvalue weighted by atomic mass is 10.4. The molecular formula is C14H12O8S2. The summed E-state index contributed by atoms with van der Waals surface area (Å²) in [6.07, 6.45) is 0. The summed E-state index contributed by atoms with van der Waals surface area (Å²) in [6.45, 7) is 0. The second kappa shape index (κ2) is 8.79. The summed E-state index contributed by atoms with van der Waals surface area (Å²) in [5.74, 6) is -3.08. The van der Waals surface area contributed by atoms with Crippen LogP contribution in [0.2, 0.25) is 0 Å². The summed E-state index contributed by atoms with van der Waals surface area (Å²) < 4.78 is 8.96. The molecule has 0 saturated carbocycles. The molecule has 0 aromatic carbocycles. The van der Waals surface area contributed by atoms with Crippen molar-refractivity contribution in [3.63, 3.8) is 0 Å². The van der Waals surface area contributed by atoms with Gasteiger partial charge in [-0.15, -0.1) is 22.7 Å². The van der Waals surface area contributed by atoms with E-state index < -0.39 is 23.9 Å². The molecule has 2 N–H and O–H groups in total. The average Bonchev–Trinajstić information content (AvgIpc) is 3.23. The molecule has 0 fully saturated rings. The van der Waals surface area contributed by atoms with Crippen LogP contribution in [0.25, 0.3) is 0 Å². The number of carboxylic acids is 2. The molecule has 0 saturated heterocycles. The zero-order chi connectivity index (χ0) is 18.3. The Morgan fingerprint density at radius 1 is 0.708 bits per heavy atom. The average molecular weight is 372 g/mol. The van der Waals surface area contributed by atoms with E-state index in [4.69, 9.17) is 10.2 Å². The van der Waals surface area contributed by atoms with Crippen LogP contribution in [0.4, 0.5) is 0 Å². The van der Waals surface area contributed by atoms with Gasteiger partial charge < -0.3 is 19.7 Å². The van der Waals surface area contributed by atoms with Crippen molar-refractivity contribution in [3.05, 3.63) is 43.8 Å². The van der Waals surface area contributed by atoms with E-state index in [0.717, 1.165) is 22.7 Å². The molecule has 2 aromatic heterocycles. The van der Waals surface area contributed by atoms with Gasteiger partial charge in [-0.3, -0.25) is 0 Å². The zero-order valence-electron chi connectivity index (χ0n) is 12.5. The molecule has 0 radical (unpaired) electrons. The largest absolute Gasteiger partial charge is 0.477 e. The van der Waals surface area contributed by atoms with E-state index in [9.17, 15) is 19.2 Å². The van der Waals surface area contributed by atoms with Gasteiger partial charge in [-0.2, -0.15) is 0 Å². The minimum absolute atomic E-state index is 0.0439. The van der Waals surface area contributed by atoms with E-state index in [1.807, 2.05) is 0 Å². The summed E-state index contributed by atoms with van der Waals surface area (Å²) in [5.41, 5.74) is 0.